The van der Waals surface area contributed by atoms with Crippen LogP contribution in [0.1, 0.15) is 49.1 Å². The molecule has 1 N–H and O–H groups in total. The summed E-state index contributed by atoms with van der Waals surface area (Å²) in [6, 6.07) is 3.99. The first kappa shape index (κ1) is 33.9. The highest BCUT2D eigenvalue weighted by Gasteiger charge is 2.65. The minimum absolute atomic E-state index is 0.0165. The number of Topliss-reactive ketones (excluding diaryl/α,β-unsaturated/α-hetero) is 1. The van der Waals surface area contributed by atoms with Crippen molar-refractivity contribution in [1.82, 2.24) is 24.3 Å². The summed E-state index contributed by atoms with van der Waals surface area (Å²) in [4.78, 5) is 69.7. The molecule has 262 valence electrons. The number of nitrogens with zero attached hydrogens (tertiary/aromatic N) is 6. The minimum atomic E-state index is -1.04. The van der Waals surface area contributed by atoms with Crippen LogP contribution in [0, 0.1) is 16.0 Å². The van der Waals surface area contributed by atoms with Crippen LogP contribution in [-0.4, -0.2) is 111 Å². The van der Waals surface area contributed by atoms with Crippen molar-refractivity contribution in [3.05, 3.63) is 58.1 Å². The number of likely N-dealkylation sites (tertiary alicyclic amines) is 1. The van der Waals surface area contributed by atoms with E-state index < -0.39 is 34.6 Å². The second kappa shape index (κ2) is 13.5. The second-order valence-corrected chi connectivity index (χ2v) is 13.1. The molecule has 3 heterocycles. The molecule has 0 radical (unpaired) electrons. The molecule has 1 saturated heterocycles. The molecule has 4 aliphatic rings. The van der Waals surface area contributed by atoms with Crippen molar-refractivity contribution in [3.8, 4) is 11.5 Å². The fourth-order valence-corrected chi connectivity index (χ4v) is 8.06. The van der Waals surface area contributed by atoms with E-state index in [-0.39, 0.29) is 74.2 Å². The lowest BCUT2D eigenvalue weighted by molar-refractivity contribution is -0.392. The summed E-state index contributed by atoms with van der Waals surface area (Å²) in [6.07, 6.45) is 3.75. The van der Waals surface area contributed by atoms with Gasteiger partial charge in [-0.1, -0.05) is 12.1 Å². The number of carbonyl (C=O) groups is 4. The summed E-state index contributed by atoms with van der Waals surface area (Å²) in [5, 5.41) is 20.3. The molecule has 2 bridgehead atoms. The molecule has 1 spiro atoms. The van der Waals surface area contributed by atoms with Crippen LogP contribution in [0.2, 0.25) is 0 Å². The Morgan fingerprint density at radius 3 is 2.71 bits per heavy atom. The van der Waals surface area contributed by atoms with Crippen molar-refractivity contribution in [1.29, 1.82) is 0 Å². The SMILES string of the molecule is C=CCN1CC[C@]23c4c5ccc(OC(=O)N(C)CCN(C)C(=O)OCc6ncc([N+](=O)[O-])n6CCCC(=O)O)c4O[C@H]2C(=O)CC[C@H]3[C@H]1C5. The smallest absolute Gasteiger partial charge is 0.415 e. The van der Waals surface area contributed by atoms with E-state index in [1.54, 1.807) is 6.07 Å². The Bertz CT molecular complexity index is 1690. The molecule has 2 aliphatic carbocycles. The van der Waals surface area contributed by atoms with E-state index in [4.69, 9.17) is 19.3 Å². The number of aliphatic carboxylic acids is 1. The summed E-state index contributed by atoms with van der Waals surface area (Å²) in [6.45, 7) is 5.37. The van der Waals surface area contributed by atoms with Crippen molar-refractivity contribution in [2.24, 2.45) is 5.92 Å². The van der Waals surface area contributed by atoms with E-state index in [1.807, 2.05) is 12.1 Å². The Balaban J connectivity index is 1.07. The lowest BCUT2D eigenvalue weighted by Gasteiger charge is -2.57. The summed E-state index contributed by atoms with van der Waals surface area (Å²) >= 11 is 0. The van der Waals surface area contributed by atoms with Gasteiger partial charge in [-0.2, -0.15) is 0 Å². The average Bonchev–Trinajstić information content (AvgIpc) is 3.64. The Morgan fingerprint density at radius 2 is 2.00 bits per heavy atom. The predicted molar refractivity (Wildman–Crippen MR) is 171 cm³/mol. The van der Waals surface area contributed by atoms with Crippen LogP contribution in [0.4, 0.5) is 15.4 Å². The van der Waals surface area contributed by atoms with Gasteiger partial charge < -0.3 is 39.2 Å². The van der Waals surface area contributed by atoms with Crippen LogP contribution in [0.5, 0.6) is 11.5 Å². The van der Waals surface area contributed by atoms with E-state index in [0.29, 0.717) is 12.2 Å². The number of ether oxygens (including phenoxy) is 3. The lowest BCUT2D eigenvalue weighted by atomic mass is 9.51. The molecule has 49 heavy (non-hydrogen) atoms. The van der Waals surface area contributed by atoms with Crippen LogP contribution in [0.15, 0.2) is 31.0 Å². The van der Waals surface area contributed by atoms with Gasteiger partial charge in [0.15, 0.2) is 30.0 Å². The molecule has 2 amide bonds. The quantitative estimate of drug-likeness (QED) is 0.185. The summed E-state index contributed by atoms with van der Waals surface area (Å²) < 4.78 is 18.8. The van der Waals surface area contributed by atoms with Crippen molar-refractivity contribution in [3.63, 3.8) is 0 Å². The zero-order valence-corrected chi connectivity index (χ0v) is 27.5. The third-order valence-electron chi connectivity index (χ3n) is 10.4. The number of benzene rings is 1. The van der Waals surface area contributed by atoms with E-state index in [2.05, 4.69) is 16.5 Å². The van der Waals surface area contributed by atoms with Crippen LogP contribution in [0.3, 0.4) is 0 Å². The molecule has 2 aliphatic heterocycles. The van der Waals surface area contributed by atoms with Crippen LogP contribution in [0.25, 0.3) is 0 Å². The molecule has 0 unspecified atom stereocenters. The van der Waals surface area contributed by atoms with Gasteiger partial charge in [-0.15, -0.1) is 6.58 Å². The Labute approximate surface area is 282 Å². The van der Waals surface area contributed by atoms with Gasteiger partial charge in [0.05, 0.1) is 6.54 Å². The van der Waals surface area contributed by atoms with E-state index in [1.165, 1.54) is 28.5 Å². The van der Waals surface area contributed by atoms with E-state index in [0.717, 1.165) is 49.7 Å². The molecule has 6 rings (SSSR count). The van der Waals surface area contributed by atoms with Gasteiger partial charge in [-0.25, -0.2) is 19.1 Å². The number of amides is 2. The lowest BCUT2D eigenvalue weighted by Crippen LogP contribution is -2.66. The number of piperidine rings is 1. The van der Waals surface area contributed by atoms with Crippen molar-refractivity contribution in [2.75, 3.05) is 40.3 Å². The van der Waals surface area contributed by atoms with Crippen LogP contribution in [-0.2, 0) is 39.3 Å². The molecule has 16 heteroatoms. The number of carboxylic acid groups (broad SMARTS) is 1. The van der Waals surface area contributed by atoms with Gasteiger partial charge in [0.2, 0.25) is 5.82 Å². The molecule has 1 saturated carbocycles. The summed E-state index contributed by atoms with van der Waals surface area (Å²) in [5.74, 6) is -0.191. The number of hydrogen-bond acceptors (Lipinski definition) is 11. The highest BCUT2D eigenvalue weighted by Crippen LogP contribution is 2.63. The van der Waals surface area contributed by atoms with Gasteiger partial charge in [-0.05, 0) is 54.7 Å². The number of rotatable bonds is 13. The maximum Gasteiger partial charge on any atom is 0.415 e. The molecular formula is C33H40N6O10. The first-order valence-electron chi connectivity index (χ1n) is 16.4. The van der Waals surface area contributed by atoms with Gasteiger partial charge in [-0.3, -0.25) is 14.5 Å². The fraction of sp³-hybridized carbons (Fsp3) is 0.545. The molecular weight excluding hydrogens is 640 g/mol. The van der Waals surface area contributed by atoms with Gasteiger partial charge >= 0.3 is 24.0 Å². The van der Waals surface area contributed by atoms with Crippen molar-refractivity contribution >= 4 is 29.8 Å². The fourth-order valence-electron chi connectivity index (χ4n) is 8.06. The zero-order chi connectivity index (χ0) is 35.0. The van der Waals surface area contributed by atoms with Crippen molar-refractivity contribution < 1.29 is 43.4 Å². The van der Waals surface area contributed by atoms with Crippen LogP contribution >= 0.6 is 0 Å². The summed E-state index contributed by atoms with van der Waals surface area (Å²) in [5.41, 5.74) is 1.69. The zero-order valence-electron chi connectivity index (χ0n) is 27.5. The number of aromatic nitrogens is 2. The first-order valence-corrected chi connectivity index (χ1v) is 16.4. The molecule has 1 aromatic heterocycles. The number of hydrogen-bond donors (Lipinski definition) is 1. The highest BCUT2D eigenvalue weighted by molar-refractivity contribution is 5.89. The molecule has 4 atom stereocenters. The predicted octanol–water partition coefficient (Wildman–Crippen LogP) is 3.15. The minimum Gasteiger partial charge on any atom is -0.481 e. The number of imidazole rings is 1. The second-order valence-electron chi connectivity index (χ2n) is 13.1. The number of likely N-dealkylation sites (N-methyl/N-ethyl adjacent to an activating group) is 2. The monoisotopic (exact) mass is 680 g/mol. The highest BCUT2D eigenvalue weighted by atomic mass is 16.6. The van der Waals surface area contributed by atoms with Crippen LogP contribution < -0.4 is 9.47 Å². The maximum atomic E-state index is 13.2. The Morgan fingerprint density at radius 1 is 1.24 bits per heavy atom. The number of carboxylic acids is 1. The van der Waals surface area contributed by atoms with Gasteiger partial charge in [0.1, 0.15) is 6.20 Å². The molecule has 16 nitrogen and oxygen atoms in total. The van der Waals surface area contributed by atoms with E-state index >= 15 is 0 Å². The van der Waals surface area contributed by atoms with Crippen molar-refractivity contribution in [2.45, 2.75) is 69.2 Å². The van der Waals surface area contributed by atoms with Gasteiger partial charge in [0.25, 0.3) is 0 Å². The average molecular weight is 681 g/mol. The topological polar surface area (TPSA) is 187 Å². The molecule has 2 aromatic rings. The van der Waals surface area contributed by atoms with Gasteiger partial charge in [0, 0.05) is 63.6 Å². The molecule has 2 fully saturated rings. The number of nitro groups is 1. The number of carbonyl (C=O) groups excluding carboxylic acids is 3. The maximum absolute atomic E-state index is 13.2. The summed E-state index contributed by atoms with van der Waals surface area (Å²) in [7, 11) is 3.01. The Hall–Kier alpha value is -4.99. The third-order valence-corrected chi connectivity index (χ3v) is 10.4. The molecule has 1 aromatic carbocycles. The Kier molecular flexibility index (Phi) is 9.33. The number of ketones is 1. The third kappa shape index (κ3) is 6.09. The standard InChI is InChI=1S/C33H40N6O10/c1-4-12-37-14-11-33-21-8-9-23(40)30(33)49-29-24(10-7-20(28(29)33)17-22(21)37)48-32(44)36(3)16-15-35(2)31(43)47-19-25-34-18-26(39(45)46)38(25)13-5-6-27(41)42/h4,7,10,18,21-22,30H,1,5-6,8-9,11-17,19H2,2-3H3,(H,41,42)/t21-,22+,30-,33-/m0/s1. The first-order chi connectivity index (χ1) is 23.5. The largest absolute Gasteiger partial charge is 0.481 e. The normalized spacial score (nSPS) is 23.2. The van der Waals surface area contributed by atoms with E-state index in [9.17, 15) is 29.3 Å².